The van der Waals surface area contributed by atoms with E-state index in [2.05, 4.69) is 4.72 Å². The van der Waals surface area contributed by atoms with Gasteiger partial charge in [-0.2, -0.15) is 0 Å². The first-order valence-corrected chi connectivity index (χ1v) is 7.46. The lowest BCUT2D eigenvalue weighted by Crippen LogP contribution is -2.27. The van der Waals surface area contributed by atoms with Crippen LogP contribution in [0, 0.1) is 12.7 Å². The molecular formula is C13H15FN2O3S. The zero-order valence-corrected chi connectivity index (χ0v) is 11.7. The Hall–Kier alpha value is -1.86. The van der Waals surface area contributed by atoms with E-state index < -0.39 is 15.8 Å². The summed E-state index contributed by atoms with van der Waals surface area (Å²) >= 11 is 0. The number of furan rings is 1. The molecule has 20 heavy (non-hydrogen) atoms. The Labute approximate surface area is 116 Å². The number of halogens is 1. The van der Waals surface area contributed by atoms with Crippen LogP contribution in [-0.2, 0) is 16.4 Å². The van der Waals surface area contributed by atoms with Gasteiger partial charge in [0.2, 0.25) is 10.0 Å². The zero-order valence-electron chi connectivity index (χ0n) is 10.9. The number of benzene rings is 1. The van der Waals surface area contributed by atoms with Gasteiger partial charge in [0, 0.05) is 24.2 Å². The molecule has 0 radical (unpaired) electrons. The molecule has 1 aromatic carbocycles. The maximum Gasteiger partial charge on any atom is 0.241 e. The number of nitrogens with one attached hydrogen (secondary N) is 1. The zero-order chi connectivity index (χ0) is 14.8. The summed E-state index contributed by atoms with van der Waals surface area (Å²) in [6.45, 7) is 1.56. The number of rotatable bonds is 5. The van der Waals surface area contributed by atoms with E-state index in [-0.39, 0.29) is 22.7 Å². The van der Waals surface area contributed by atoms with Crippen LogP contribution >= 0.6 is 0 Å². The third-order valence-electron chi connectivity index (χ3n) is 2.85. The Morgan fingerprint density at radius 1 is 1.40 bits per heavy atom. The molecule has 0 aliphatic rings. The lowest BCUT2D eigenvalue weighted by atomic mass is 10.2. The van der Waals surface area contributed by atoms with Crippen molar-refractivity contribution in [2.75, 3.05) is 12.3 Å². The Kier molecular flexibility index (Phi) is 4.10. The van der Waals surface area contributed by atoms with Crippen LogP contribution < -0.4 is 10.5 Å². The van der Waals surface area contributed by atoms with E-state index in [0.29, 0.717) is 12.2 Å². The topological polar surface area (TPSA) is 85.3 Å². The summed E-state index contributed by atoms with van der Waals surface area (Å²) < 4.78 is 45.3. The highest BCUT2D eigenvalue weighted by Gasteiger charge is 2.19. The standard InChI is InChI=1S/C13H15FN2O3S/c1-9-12(14)7-10(15)8-13(9)20(17,18)16-5-4-11-3-2-6-19-11/h2-3,6-8,16H,4-5,15H2,1H3. The van der Waals surface area contributed by atoms with Crippen LogP contribution in [0.1, 0.15) is 11.3 Å². The van der Waals surface area contributed by atoms with Gasteiger partial charge in [-0.1, -0.05) is 0 Å². The lowest BCUT2D eigenvalue weighted by Gasteiger charge is -2.10. The summed E-state index contributed by atoms with van der Waals surface area (Å²) in [4.78, 5) is -0.144. The molecule has 0 saturated heterocycles. The summed E-state index contributed by atoms with van der Waals surface area (Å²) in [5.74, 6) is 0.0274. The third-order valence-corrected chi connectivity index (χ3v) is 4.44. The van der Waals surface area contributed by atoms with Crippen molar-refractivity contribution in [1.29, 1.82) is 0 Å². The predicted molar refractivity (Wildman–Crippen MR) is 73.1 cm³/mol. The van der Waals surface area contributed by atoms with Gasteiger partial charge in [-0.15, -0.1) is 0 Å². The van der Waals surface area contributed by atoms with Crippen molar-refractivity contribution in [3.63, 3.8) is 0 Å². The van der Waals surface area contributed by atoms with Crippen LogP contribution in [0.25, 0.3) is 0 Å². The lowest BCUT2D eigenvalue weighted by molar-refractivity contribution is 0.505. The maximum absolute atomic E-state index is 13.5. The SMILES string of the molecule is Cc1c(F)cc(N)cc1S(=O)(=O)NCCc1ccco1. The second kappa shape index (κ2) is 5.64. The van der Waals surface area contributed by atoms with Gasteiger partial charge in [-0.25, -0.2) is 17.5 Å². The van der Waals surface area contributed by atoms with E-state index in [9.17, 15) is 12.8 Å². The van der Waals surface area contributed by atoms with E-state index in [1.54, 1.807) is 12.1 Å². The Balaban J connectivity index is 2.14. The fourth-order valence-corrected chi connectivity index (χ4v) is 3.11. The number of sulfonamides is 1. The Morgan fingerprint density at radius 2 is 2.15 bits per heavy atom. The summed E-state index contributed by atoms with van der Waals surface area (Å²) in [6.07, 6.45) is 1.93. The summed E-state index contributed by atoms with van der Waals surface area (Å²) in [5.41, 5.74) is 5.60. The fourth-order valence-electron chi connectivity index (χ4n) is 1.79. The first-order chi connectivity index (χ1) is 9.40. The molecule has 0 fully saturated rings. The van der Waals surface area contributed by atoms with Crippen LogP contribution in [0.4, 0.5) is 10.1 Å². The van der Waals surface area contributed by atoms with Crippen LogP contribution in [0.3, 0.4) is 0 Å². The van der Waals surface area contributed by atoms with Crippen molar-refractivity contribution in [3.05, 3.63) is 47.7 Å². The van der Waals surface area contributed by atoms with E-state index in [4.69, 9.17) is 10.2 Å². The highest BCUT2D eigenvalue weighted by molar-refractivity contribution is 7.89. The average Bonchev–Trinajstić information content (AvgIpc) is 2.86. The summed E-state index contributed by atoms with van der Waals surface area (Å²) in [5, 5.41) is 0. The number of hydrogen-bond acceptors (Lipinski definition) is 4. The van der Waals surface area contributed by atoms with Crippen molar-refractivity contribution in [2.45, 2.75) is 18.2 Å². The molecule has 0 spiro atoms. The van der Waals surface area contributed by atoms with E-state index in [1.807, 2.05) is 0 Å². The molecule has 0 atom stereocenters. The van der Waals surface area contributed by atoms with E-state index in [0.717, 1.165) is 6.07 Å². The predicted octanol–water partition coefficient (Wildman–Crippen LogP) is 1.83. The van der Waals surface area contributed by atoms with Crippen LogP contribution in [-0.4, -0.2) is 15.0 Å². The van der Waals surface area contributed by atoms with Crippen molar-refractivity contribution in [3.8, 4) is 0 Å². The first kappa shape index (κ1) is 14.5. The third kappa shape index (κ3) is 3.17. The van der Waals surface area contributed by atoms with Gasteiger partial charge in [0.15, 0.2) is 0 Å². The van der Waals surface area contributed by atoms with Gasteiger partial charge in [0.05, 0.1) is 11.2 Å². The monoisotopic (exact) mass is 298 g/mol. The molecule has 0 aliphatic heterocycles. The number of nitrogen functional groups attached to an aromatic ring is 1. The van der Waals surface area contributed by atoms with Crippen LogP contribution in [0.2, 0.25) is 0 Å². The quantitative estimate of drug-likeness (QED) is 0.825. The number of nitrogens with two attached hydrogens (primary N) is 1. The fraction of sp³-hybridized carbons (Fsp3) is 0.231. The van der Waals surface area contributed by atoms with E-state index >= 15 is 0 Å². The minimum absolute atomic E-state index is 0.0460. The molecule has 0 saturated carbocycles. The Bertz CT molecular complexity index is 697. The van der Waals surface area contributed by atoms with E-state index in [1.165, 1.54) is 19.3 Å². The van der Waals surface area contributed by atoms with Crippen molar-refractivity contribution < 1.29 is 17.2 Å². The molecule has 1 aromatic heterocycles. The molecule has 7 heteroatoms. The smallest absolute Gasteiger partial charge is 0.241 e. The number of hydrogen-bond donors (Lipinski definition) is 2. The molecule has 3 N–H and O–H groups in total. The van der Waals surface area contributed by atoms with Crippen molar-refractivity contribution in [2.24, 2.45) is 0 Å². The van der Waals surface area contributed by atoms with Gasteiger partial charge >= 0.3 is 0 Å². The Morgan fingerprint density at radius 3 is 2.80 bits per heavy atom. The molecule has 2 rings (SSSR count). The van der Waals surface area contributed by atoms with Crippen LogP contribution in [0.5, 0.6) is 0 Å². The van der Waals surface area contributed by atoms with Crippen LogP contribution in [0.15, 0.2) is 39.8 Å². The highest BCUT2D eigenvalue weighted by Crippen LogP contribution is 2.21. The molecule has 108 valence electrons. The molecular weight excluding hydrogens is 283 g/mol. The second-order valence-electron chi connectivity index (χ2n) is 4.35. The van der Waals surface area contributed by atoms with Gasteiger partial charge in [0.25, 0.3) is 0 Å². The van der Waals surface area contributed by atoms with Gasteiger partial charge < -0.3 is 10.2 Å². The molecule has 0 amide bonds. The van der Waals surface area contributed by atoms with Gasteiger partial charge in [-0.3, -0.25) is 0 Å². The van der Waals surface area contributed by atoms with Gasteiger partial charge in [-0.05, 0) is 31.2 Å². The van der Waals surface area contributed by atoms with Gasteiger partial charge in [0.1, 0.15) is 11.6 Å². The van der Waals surface area contributed by atoms with Crippen molar-refractivity contribution in [1.82, 2.24) is 4.72 Å². The largest absolute Gasteiger partial charge is 0.469 e. The minimum Gasteiger partial charge on any atom is -0.469 e. The van der Waals surface area contributed by atoms with Crippen molar-refractivity contribution >= 4 is 15.7 Å². The molecule has 1 heterocycles. The minimum atomic E-state index is -3.80. The second-order valence-corrected chi connectivity index (χ2v) is 6.09. The molecule has 0 bridgehead atoms. The average molecular weight is 298 g/mol. The normalized spacial score (nSPS) is 11.7. The first-order valence-electron chi connectivity index (χ1n) is 5.98. The summed E-state index contributed by atoms with van der Waals surface area (Å²) in [6, 6.07) is 5.81. The molecule has 5 nitrogen and oxygen atoms in total. The molecule has 0 aliphatic carbocycles. The molecule has 0 unspecified atom stereocenters. The maximum atomic E-state index is 13.5. The highest BCUT2D eigenvalue weighted by atomic mass is 32.2. The summed E-state index contributed by atoms with van der Waals surface area (Å²) in [7, 11) is -3.80. The molecule has 2 aromatic rings. The number of anilines is 1.